The molecule has 76 valence electrons. The van der Waals surface area contributed by atoms with Crippen LogP contribution in [0.4, 0.5) is 0 Å². The summed E-state index contributed by atoms with van der Waals surface area (Å²) in [5, 5.41) is 0. The number of nitrogens with zero attached hydrogens (tertiary/aromatic N) is 1. The Kier molecular flexibility index (Phi) is 3.98. The van der Waals surface area contributed by atoms with Crippen molar-refractivity contribution in [2.45, 2.75) is 46.6 Å². The zero-order valence-electron chi connectivity index (χ0n) is 9.51. The zero-order valence-corrected chi connectivity index (χ0v) is 9.51. The Hall–Kier alpha value is -0.300. The molecule has 0 amide bonds. The normalized spacial score (nSPS) is 19.7. The molecule has 1 nitrogen and oxygen atoms in total. The predicted molar refractivity (Wildman–Crippen MR) is 58.9 cm³/mol. The lowest BCUT2D eigenvalue weighted by Crippen LogP contribution is -2.34. The van der Waals surface area contributed by atoms with Gasteiger partial charge in [0.2, 0.25) is 0 Å². The molecule has 0 saturated heterocycles. The second-order valence-electron chi connectivity index (χ2n) is 4.80. The molecule has 0 aliphatic carbocycles. The van der Waals surface area contributed by atoms with E-state index in [-0.39, 0.29) is 0 Å². The van der Waals surface area contributed by atoms with Crippen LogP contribution < -0.4 is 0 Å². The summed E-state index contributed by atoms with van der Waals surface area (Å²) in [6.07, 6.45) is 5.02. The standard InChI is InChI=1S/C12H23N/c1-10(2)9-12-5-7-13(8-6-12)11(3)4/h5,10-11H,6-9H2,1-4H3. The topological polar surface area (TPSA) is 3.24 Å². The van der Waals surface area contributed by atoms with Crippen LogP contribution in [0.2, 0.25) is 0 Å². The molecule has 0 fully saturated rings. The van der Waals surface area contributed by atoms with E-state index in [0.717, 1.165) is 5.92 Å². The Morgan fingerprint density at radius 1 is 1.31 bits per heavy atom. The highest BCUT2D eigenvalue weighted by molar-refractivity contribution is 5.08. The van der Waals surface area contributed by atoms with Crippen molar-refractivity contribution >= 4 is 0 Å². The van der Waals surface area contributed by atoms with Crippen LogP contribution in [-0.2, 0) is 0 Å². The lowest BCUT2D eigenvalue weighted by Gasteiger charge is -2.30. The van der Waals surface area contributed by atoms with Crippen LogP contribution >= 0.6 is 0 Å². The van der Waals surface area contributed by atoms with Crippen molar-refractivity contribution in [3.05, 3.63) is 11.6 Å². The van der Waals surface area contributed by atoms with Gasteiger partial charge >= 0.3 is 0 Å². The molecule has 0 bridgehead atoms. The second-order valence-corrected chi connectivity index (χ2v) is 4.80. The third-order valence-electron chi connectivity index (χ3n) is 2.74. The number of rotatable bonds is 3. The zero-order chi connectivity index (χ0) is 9.84. The minimum atomic E-state index is 0.705. The summed E-state index contributed by atoms with van der Waals surface area (Å²) in [4.78, 5) is 2.53. The van der Waals surface area contributed by atoms with E-state index in [1.807, 2.05) is 0 Å². The van der Waals surface area contributed by atoms with Crippen LogP contribution in [0.1, 0.15) is 40.5 Å². The fourth-order valence-electron chi connectivity index (χ4n) is 1.91. The van der Waals surface area contributed by atoms with E-state index >= 15 is 0 Å². The first-order valence-electron chi connectivity index (χ1n) is 5.51. The molecule has 1 heteroatoms. The van der Waals surface area contributed by atoms with Gasteiger partial charge in [0.25, 0.3) is 0 Å². The smallest absolute Gasteiger partial charge is 0.0168 e. The molecule has 0 aromatic heterocycles. The van der Waals surface area contributed by atoms with Crippen molar-refractivity contribution < 1.29 is 0 Å². The fourth-order valence-corrected chi connectivity index (χ4v) is 1.91. The summed E-state index contributed by atoms with van der Waals surface area (Å²) in [7, 11) is 0. The monoisotopic (exact) mass is 181 g/mol. The maximum atomic E-state index is 2.53. The van der Waals surface area contributed by atoms with E-state index < -0.39 is 0 Å². The first kappa shape index (κ1) is 10.8. The molecule has 0 radical (unpaired) electrons. The fraction of sp³-hybridized carbons (Fsp3) is 0.833. The van der Waals surface area contributed by atoms with Crippen LogP contribution in [-0.4, -0.2) is 24.0 Å². The summed E-state index contributed by atoms with van der Waals surface area (Å²) in [6.45, 7) is 11.6. The largest absolute Gasteiger partial charge is 0.297 e. The average Bonchev–Trinajstić information content (AvgIpc) is 2.04. The van der Waals surface area contributed by atoms with Crippen molar-refractivity contribution in [1.82, 2.24) is 4.90 Å². The third kappa shape index (κ3) is 3.51. The number of hydrogen-bond acceptors (Lipinski definition) is 1. The van der Waals surface area contributed by atoms with Gasteiger partial charge in [-0.1, -0.05) is 25.5 Å². The minimum Gasteiger partial charge on any atom is -0.297 e. The summed E-state index contributed by atoms with van der Waals surface area (Å²) in [6, 6.07) is 0.705. The van der Waals surface area contributed by atoms with Crippen molar-refractivity contribution in [1.29, 1.82) is 0 Å². The second kappa shape index (κ2) is 4.80. The molecule has 1 aliphatic heterocycles. The Labute approximate surface area is 82.8 Å². The predicted octanol–water partition coefficient (Wildman–Crippen LogP) is 3.07. The van der Waals surface area contributed by atoms with Crippen molar-refractivity contribution in [2.75, 3.05) is 13.1 Å². The Bertz CT molecular complexity index is 180. The van der Waals surface area contributed by atoms with Crippen molar-refractivity contribution in [2.24, 2.45) is 5.92 Å². The van der Waals surface area contributed by atoms with Gasteiger partial charge in [0, 0.05) is 19.1 Å². The molecule has 0 saturated carbocycles. The molecule has 0 N–H and O–H groups in total. The van der Waals surface area contributed by atoms with Gasteiger partial charge in [0.15, 0.2) is 0 Å². The Balaban J connectivity index is 2.39. The minimum absolute atomic E-state index is 0.705. The average molecular weight is 181 g/mol. The van der Waals surface area contributed by atoms with Gasteiger partial charge in [0.05, 0.1) is 0 Å². The van der Waals surface area contributed by atoms with Crippen LogP contribution in [0.5, 0.6) is 0 Å². The molecule has 1 heterocycles. The SMILES string of the molecule is CC(C)CC1=CCN(C(C)C)CC1. The molecule has 1 rings (SSSR count). The lowest BCUT2D eigenvalue weighted by molar-refractivity contribution is 0.237. The van der Waals surface area contributed by atoms with Gasteiger partial charge < -0.3 is 0 Å². The molecule has 0 aromatic carbocycles. The maximum absolute atomic E-state index is 2.53. The van der Waals surface area contributed by atoms with E-state index in [2.05, 4.69) is 38.7 Å². The number of hydrogen-bond donors (Lipinski definition) is 0. The van der Waals surface area contributed by atoms with Gasteiger partial charge in [-0.3, -0.25) is 4.90 Å². The van der Waals surface area contributed by atoms with Gasteiger partial charge in [-0.25, -0.2) is 0 Å². The van der Waals surface area contributed by atoms with Crippen LogP contribution in [0.3, 0.4) is 0 Å². The van der Waals surface area contributed by atoms with E-state index in [1.54, 1.807) is 5.57 Å². The molecular formula is C12H23N. The van der Waals surface area contributed by atoms with Gasteiger partial charge in [-0.15, -0.1) is 0 Å². The molecule has 0 spiro atoms. The molecule has 1 aliphatic rings. The maximum Gasteiger partial charge on any atom is 0.0168 e. The van der Waals surface area contributed by atoms with E-state index in [0.29, 0.717) is 6.04 Å². The highest BCUT2D eigenvalue weighted by atomic mass is 15.1. The van der Waals surface area contributed by atoms with Crippen molar-refractivity contribution in [3.63, 3.8) is 0 Å². The van der Waals surface area contributed by atoms with E-state index in [9.17, 15) is 0 Å². The van der Waals surface area contributed by atoms with E-state index in [4.69, 9.17) is 0 Å². The van der Waals surface area contributed by atoms with Crippen LogP contribution in [0, 0.1) is 5.92 Å². The summed E-state index contributed by atoms with van der Waals surface area (Å²) in [5.41, 5.74) is 1.67. The highest BCUT2D eigenvalue weighted by Gasteiger charge is 2.14. The van der Waals surface area contributed by atoms with Crippen LogP contribution in [0.15, 0.2) is 11.6 Å². The Morgan fingerprint density at radius 3 is 2.38 bits per heavy atom. The van der Waals surface area contributed by atoms with E-state index in [1.165, 1.54) is 25.9 Å². The van der Waals surface area contributed by atoms with Gasteiger partial charge in [-0.05, 0) is 32.6 Å². The molecule has 13 heavy (non-hydrogen) atoms. The first-order valence-corrected chi connectivity index (χ1v) is 5.51. The first-order chi connectivity index (χ1) is 6.09. The summed E-state index contributed by atoms with van der Waals surface area (Å²) in [5.74, 6) is 0.817. The van der Waals surface area contributed by atoms with Gasteiger partial charge in [-0.2, -0.15) is 0 Å². The van der Waals surface area contributed by atoms with Gasteiger partial charge in [0.1, 0.15) is 0 Å². The molecule has 0 aromatic rings. The quantitative estimate of drug-likeness (QED) is 0.605. The van der Waals surface area contributed by atoms with Crippen molar-refractivity contribution in [3.8, 4) is 0 Å². The Morgan fingerprint density at radius 2 is 2.00 bits per heavy atom. The highest BCUT2D eigenvalue weighted by Crippen LogP contribution is 2.19. The summed E-state index contributed by atoms with van der Waals surface area (Å²) >= 11 is 0. The van der Waals surface area contributed by atoms with Crippen LogP contribution in [0.25, 0.3) is 0 Å². The third-order valence-corrected chi connectivity index (χ3v) is 2.74. The molecule has 0 unspecified atom stereocenters. The molecular weight excluding hydrogens is 158 g/mol. The lowest BCUT2D eigenvalue weighted by atomic mass is 9.97. The summed E-state index contributed by atoms with van der Waals surface area (Å²) < 4.78 is 0. The molecule has 0 atom stereocenters.